The van der Waals surface area contributed by atoms with Gasteiger partial charge < -0.3 is 10.6 Å². The summed E-state index contributed by atoms with van der Waals surface area (Å²) >= 11 is 3.11. The van der Waals surface area contributed by atoms with Gasteiger partial charge in [-0.05, 0) is 33.6 Å². The van der Waals surface area contributed by atoms with Gasteiger partial charge in [0.2, 0.25) is 0 Å². The van der Waals surface area contributed by atoms with Crippen LogP contribution in [0.15, 0.2) is 41.1 Å². The summed E-state index contributed by atoms with van der Waals surface area (Å²) in [6.45, 7) is 0.984. The lowest BCUT2D eigenvalue weighted by atomic mass is 10.2. The number of nitrogens with zero attached hydrogens (tertiary/aromatic N) is 3. The average Bonchev–Trinajstić information content (AvgIpc) is 2.48. The predicted octanol–water partition coefficient (Wildman–Crippen LogP) is 3.49. The van der Waals surface area contributed by atoms with Crippen molar-refractivity contribution in [1.29, 1.82) is 5.26 Å². The van der Waals surface area contributed by atoms with E-state index in [1.165, 1.54) is 12.1 Å². The van der Waals surface area contributed by atoms with Gasteiger partial charge in [0.25, 0.3) is 0 Å². The molecule has 108 valence electrons. The smallest absolute Gasteiger partial charge is 0.139 e. The number of nitrogens with two attached hydrogens (primary N) is 1. The molecule has 0 fully saturated rings. The fourth-order valence-electron chi connectivity index (χ4n) is 2.01. The quantitative estimate of drug-likeness (QED) is 0.840. The Morgan fingerprint density at radius 3 is 2.90 bits per heavy atom. The van der Waals surface area contributed by atoms with Crippen LogP contribution < -0.4 is 10.6 Å². The van der Waals surface area contributed by atoms with Gasteiger partial charge in [-0.2, -0.15) is 5.26 Å². The van der Waals surface area contributed by atoms with Crippen LogP contribution in [-0.4, -0.2) is 11.5 Å². The van der Waals surface area contributed by atoms with E-state index in [1.54, 1.807) is 12.4 Å². The molecule has 0 saturated carbocycles. The molecule has 1 heterocycles. The largest absolute Gasteiger partial charge is 0.397 e. The van der Waals surface area contributed by atoms with Crippen molar-refractivity contribution in [2.24, 2.45) is 0 Å². The third-order valence-electron chi connectivity index (χ3n) is 3.00. The van der Waals surface area contributed by atoms with E-state index in [0.29, 0.717) is 35.4 Å². The Hall–Kier alpha value is -2.13. The minimum atomic E-state index is -0.382. The monoisotopic (exact) mass is 348 g/mol. The lowest BCUT2D eigenvalue weighted by molar-refractivity contribution is 0.620. The Morgan fingerprint density at radius 1 is 1.43 bits per heavy atom. The zero-order chi connectivity index (χ0) is 15.2. The van der Waals surface area contributed by atoms with E-state index in [4.69, 9.17) is 11.0 Å². The van der Waals surface area contributed by atoms with Crippen molar-refractivity contribution in [2.45, 2.75) is 13.0 Å². The van der Waals surface area contributed by atoms with Crippen molar-refractivity contribution in [3.63, 3.8) is 0 Å². The molecule has 0 amide bonds. The van der Waals surface area contributed by atoms with Crippen LogP contribution in [0.3, 0.4) is 0 Å². The van der Waals surface area contributed by atoms with E-state index in [1.807, 2.05) is 17.0 Å². The van der Waals surface area contributed by atoms with Crippen LogP contribution in [0.25, 0.3) is 0 Å². The molecule has 0 bridgehead atoms. The molecule has 6 heteroatoms. The van der Waals surface area contributed by atoms with Gasteiger partial charge in [0.15, 0.2) is 0 Å². The summed E-state index contributed by atoms with van der Waals surface area (Å²) in [6, 6.07) is 8.78. The van der Waals surface area contributed by atoms with Crippen LogP contribution >= 0.6 is 15.9 Å². The summed E-state index contributed by atoms with van der Waals surface area (Å²) in [6.07, 6.45) is 3.76. The summed E-state index contributed by atoms with van der Waals surface area (Å²) in [5, 5.41) is 8.79. The highest BCUT2D eigenvalue weighted by atomic mass is 79.9. The number of hydrogen-bond acceptors (Lipinski definition) is 4. The first-order valence-corrected chi connectivity index (χ1v) is 7.16. The van der Waals surface area contributed by atoms with Gasteiger partial charge in [-0.25, -0.2) is 4.39 Å². The summed E-state index contributed by atoms with van der Waals surface area (Å²) in [5.41, 5.74) is 7.99. The van der Waals surface area contributed by atoms with Crippen LogP contribution in [0.2, 0.25) is 0 Å². The third-order valence-corrected chi connectivity index (χ3v) is 3.61. The Labute approximate surface area is 131 Å². The first kappa shape index (κ1) is 15.3. The zero-order valence-electron chi connectivity index (χ0n) is 11.3. The first-order chi connectivity index (χ1) is 10.1. The van der Waals surface area contributed by atoms with Crippen molar-refractivity contribution >= 4 is 27.3 Å². The highest BCUT2D eigenvalue weighted by Gasteiger charge is 2.14. The average molecular weight is 349 g/mol. The number of halogens is 2. The maximum atomic E-state index is 13.8. The first-order valence-electron chi connectivity index (χ1n) is 6.37. The molecular weight excluding hydrogens is 335 g/mol. The second kappa shape index (κ2) is 7.04. The Kier molecular flexibility index (Phi) is 5.12. The van der Waals surface area contributed by atoms with Crippen molar-refractivity contribution in [3.8, 4) is 6.07 Å². The molecular formula is C15H14BrFN4. The Morgan fingerprint density at radius 2 is 2.24 bits per heavy atom. The van der Waals surface area contributed by atoms with Crippen LogP contribution in [-0.2, 0) is 6.54 Å². The van der Waals surface area contributed by atoms with Crippen molar-refractivity contribution in [2.75, 3.05) is 17.2 Å². The van der Waals surface area contributed by atoms with Crippen molar-refractivity contribution in [1.82, 2.24) is 4.98 Å². The van der Waals surface area contributed by atoms with Crippen LogP contribution in [0.5, 0.6) is 0 Å². The molecule has 2 aromatic rings. The maximum absolute atomic E-state index is 13.8. The number of nitrogen functional groups attached to an aromatic ring is 1. The number of benzene rings is 1. The second-order valence-corrected chi connectivity index (χ2v) is 5.37. The molecule has 0 atom stereocenters. The van der Waals surface area contributed by atoms with E-state index in [2.05, 4.69) is 27.0 Å². The molecule has 0 aliphatic rings. The standard InChI is InChI=1S/C15H14BrFN4/c16-12-7-14(19)15(8-13(12)17)21(6-2-4-18)10-11-3-1-5-20-9-11/h1,3,5,7-9H,2,6,10,19H2. The van der Waals surface area contributed by atoms with Gasteiger partial charge >= 0.3 is 0 Å². The minimum Gasteiger partial charge on any atom is -0.397 e. The van der Waals surface area contributed by atoms with Gasteiger partial charge in [0, 0.05) is 31.5 Å². The van der Waals surface area contributed by atoms with E-state index in [0.717, 1.165) is 5.56 Å². The minimum absolute atomic E-state index is 0.324. The van der Waals surface area contributed by atoms with Gasteiger partial charge in [0.1, 0.15) is 5.82 Å². The van der Waals surface area contributed by atoms with Gasteiger partial charge in [-0.1, -0.05) is 6.07 Å². The number of hydrogen-bond donors (Lipinski definition) is 1. The van der Waals surface area contributed by atoms with E-state index >= 15 is 0 Å². The fraction of sp³-hybridized carbons (Fsp3) is 0.200. The SMILES string of the molecule is N#CCCN(Cc1cccnc1)c1cc(F)c(Br)cc1N. The topological polar surface area (TPSA) is 65.9 Å². The van der Waals surface area contributed by atoms with Gasteiger partial charge in [-0.3, -0.25) is 4.98 Å². The number of aromatic nitrogens is 1. The summed E-state index contributed by atoms with van der Waals surface area (Å²) < 4.78 is 14.1. The summed E-state index contributed by atoms with van der Waals surface area (Å²) in [7, 11) is 0. The number of rotatable bonds is 5. The van der Waals surface area contributed by atoms with Gasteiger partial charge in [0.05, 0.1) is 28.3 Å². The Balaban J connectivity index is 2.32. The fourth-order valence-corrected chi connectivity index (χ4v) is 2.37. The molecule has 0 spiro atoms. The van der Waals surface area contributed by atoms with Crippen LogP contribution in [0, 0.1) is 17.1 Å². The molecule has 0 saturated heterocycles. The van der Waals surface area contributed by atoms with E-state index < -0.39 is 0 Å². The summed E-state index contributed by atoms with van der Waals surface area (Å²) in [5.74, 6) is -0.382. The molecule has 0 aliphatic heterocycles. The lowest BCUT2D eigenvalue weighted by Gasteiger charge is -2.25. The van der Waals surface area contributed by atoms with Gasteiger partial charge in [-0.15, -0.1) is 0 Å². The molecule has 1 aromatic carbocycles. The third kappa shape index (κ3) is 3.92. The highest BCUT2D eigenvalue weighted by Crippen LogP contribution is 2.30. The highest BCUT2D eigenvalue weighted by molar-refractivity contribution is 9.10. The number of nitriles is 1. The molecule has 0 aliphatic carbocycles. The van der Waals surface area contributed by atoms with Crippen LogP contribution in [0.1, 0.15) is 12.0 Å². The normalized spacial score (nSPS) is 10.1. The van der Waals surface area contributed by atoms with Crippen LogP contribution in [0.4, 0.5) is 15.8 Å². The lowest BCUT2D eigenvalue weighted by Crippen LogP contribution is -2.25. The molecule has 4 nitrogen and oxygen atoms in total. The summed E-state index contributed by atoms with van der Waals surface area (Å²) in [4.78, 5) is 5.94. The van der Waals surface area contributed by atoms with Crippen molar-refractivity contribution in [3.05, 3.63) is 52.5 Å². The van der Waals surface area contributed by atoms with Crippen molar-refractivity contribution < 1.29 is 4.39 Å². The maximum Gasteiger partial charge on any atom is 0.139 e. The number of anilines is 2. The second-order valence-electron chi connectivity index (χ2n) is 4.52. The Bertz CT molecular complexity index is 655. The molecule has 0 unspecified atom stereocenters. The molecule has 2 rings (SSSR count). The van der Waals surface area contributed by atoms with E-state index in [-0.39, 0.29) is 5.82 Å². The molecule has 2 N–H and O–H groups in total. The predicted molar refractivity (Wildman–Crippen MR) is 84.0 cm³/mol. The molecule has 1 aromatic heterocycles. The zero-order valence-corrected chi connectivity index (χ0v) is 12.8. The number of pyridine rings is 1. The molecule has 0 radical (unpaired) electrons. The molecule has 21 heavy (non-hydrogen) atoms. The van der Waals surface area contributed by atoms with E-state index in [9.17, 15) is 4.39 Å².